The zero-order chi connectivity index (χ0) is 18.3. The van der Waals surface area contributed by atoms with Gasteiger partial charge in [-0.05, 0) is 38.0 Å². The number of amides is 1. The van der Waals surface area contributed by atoms with Crippen LogP contribution in [-0.2, 0) is 11.3 Å². The number of aliphatic imine (C=N–C) groups is 1. The molecule has 1 aromatic rings. The van der Waals surface area contributed by atoms with Gasteiger partial charge in [-0.2, -0.15) is 0 Å². The number of carbonyl (C=O) groups is 1. The number of nitrogens with zero attached hydrogens (tertiary/aromatic N) is 1. The van der Waals surface area contributed by atoms with E-state index < -0.39 is 0 Å². The molecule has 6 nitrogen and oxygen atoms in total. The van der Waals surface area contributed by atoms with Crippen LogP contribution in [-0.4, -0.2) is 44.7 Å². The van der Waals surface area contributed by atoms with E-state index in [0.29, 0.717) is 25.3 Å². The molecule has 0 saturated heterocycles. The summed E-state index contributed by atoms with van der Waals surface area (Å²) in [4.78, 5) is 16.5. The summed E-state index contributed by atoms with van der Waals surface area (Å²) in [6.07, 6.45) is 2.08. The zero-order valence-corrected chi connectivity index (χ0v) is 18.5. The average molecular weight is 476 g/mol. The van der Waals surface area contributed by atoms with Crippen molar-refractivity contribution < 1.29 is 9.53 Å². The van der Waals surface area contributed by atoms with E-state index in [1.165, 1.54) is 0 Å². The van der Waals surface area contributed by atoms with Crippen LogP contribution in [0.5, 0.6) is 0 Å². The molecule has 0 aliphatic rings. The van der Waals surface area contributed by atoms with E-state index in [-0.39, 0.29) is 29.9 Å². The molecule has 1 amide bonds. The maximum Gasteiger partial charge on any atom is 0.251 e. The van der Waals surface area contributed by atoms with Gasteiger partial charge in [-0.3, -0.25) is 4.79 Å². The molecule has 0 saturated carbocycles. The van der Waals surface area contributed by atoms with Crippen molar-refractivity contribution in [2.24, 2.45) is 4.99 Å². The summed E-state index contributed by atoms with van der Waals surface area (Å²) in [6.45, 7) is 10.3. The molecule has 0 heterocycles. The predicted molar refractivity (Wildman–Crippen MR) is 118 cm³/mol. The summed E-state index contributed by atoms with van der Waals surface area (Å²) in [5.74, 6) is 0.748. The maximum atomic E-state index is 12.0. The minimum Gasteiger partial charge on any atom is -0.380 e. The molecule has 0 aliphatic carbocycles. The Morgan fingerprint density at radius 2 is 1.77 bits per heavy atom. The number of unbranched alkanes of at least 4 members (excludes halogenated alkanes) is 1. The summed E-state index contributed by atoms with van der Waals surface area (Å²) in [5.41, 5.74) is 1.75. The number of guanidine groups is 1. The van der Waals surface area contributed by atoms with Gasteiger partial charge in [-0.15, -0.1) is 24.0 Å². The molecule has 0 bridgehead atoms. The fourth-order valence-corrected chi connectivity index (χ4v) is 2.14. The maximum absolute atomic E-state index is 12.0. The van der Waals surface area contributed by atoms with E-state index >= 15 is 0 Å². The minimum atomic E-state index is -0.0190. The lowest BCUT2D eigenvalue weighted by Gasteiger charge is -2.11. The third kappa shape index (κ3) is 10.6. The van der Waals surface area contributed by atoms with Crippen LogP contribution < -0.4 is 16.0 Å². The molecule has 0 fully saturated rings. The first-order chi connectivity index (χ1) is 12.2. The molecule has 0 unspecified atom stereocenters. The van der Waals surface area contributed by atoms with Gasteiger partial charge in [0.25, 0.3) is 5.91 Å². The first kappa shape index (κ1) is 24.7. The Morgan fingerprint density at radius 1 is 1.04 bits per heavy atom. The molecule has 0 spiro atoms. The number of nitrogens with one attached hydrogen (secondary N) is 3. The number of carbonyl (C=O) groups excluding carboxylic acids is 1. The molecule has 1 rings (SSSR count). The summed E-state index contributed by atoms with van der Waals surface area (Å²) < 4.78 is 5.31. The van der Waals surface area contributed by atoms with Crippen molar-refractivity contribution in [3.05, 3.63) is 35.4 Å². The smallest absolute Gasteiger partial charge is 0.251 e. The SMILES string of the molecule is CCCCNC(=O)c1ccc(CN=C(NCC)NCCOCC)cc1.I. The second-order valence-electron chi connectivity index (χ2n) is 5.63. The number of hydrogen-bond donors (Lipinski definition) is 3. The highest BCUT2D eigenvalue weighted by molar-refractivity contribution is 14.0. The molecule has 0 aromatic heterocycles. The standard InChI is InChI=1S/C19H32N4O2.HI/c1-4-7-12-21-18(24)17-10-8-16(9-11-17)15-23-19(20-5-2)22-13-14-25-6-3;/h8-11H,4-7,12-15H2,1-3H3,(H,21,24)(H2,20,22,23);1H. The molecule has 0 atom stereocenters. The molecular formula is C19H33IN4O2. The fourth-order valence-electron chi connectivity index (χ4n) is 2.14. The largest absolute Gasteiger partial charge is 0.380 e. The van der Waals surface area contributed by atoms with Gasteiger partial charge in [0.1, 0.15) is 0 Å². The average Bonchev–Trinajstić information content (AvgIpc) is 2.63. The number of hydrogen-bond acceptors (Lipinski definition) is 3. The summed E-state index contributed by atoms with van der Waals surface area (Å²) in [7, 11) is 0. The molecule has 0 radical (unpaired) electrons. The first-order valence-corrected chi connectivity index (χ1v) is 9.18. The highest BCUT2D eigenvalue weighted by atomic mass is 127. The Bertz CT molecular complexity index is 521. The van der Waals surface area contributed by atoms with Gasteiger partial charge >= 0.3 is 0 Å². The van der Waals surface area contributed by atoms with Crippen molar-refractivity contribution in [3.63, 3.8) is 0 Å². The van der Waals surface area contributed by atoms with Crippen molar-refractivity contribution >= 4 is 35.8 Å². The number of halogens is 1. The van der Waals surface area contributed by atoms with Crippen molar-refractivity contribution in [2.45, 2.75) is 40.2 Å². The molecule has 3 N–H and O–H groups in total. The molecule has 0 aliphatic heterocycles. The Labute approximate surface area is 174 Å². The van der Waals surface area contributed by atoms with Gasteiger partial charge in [-0.25, -0.2) is 4.99 Å². The predicted octanol–water partition coefficient (Wildman–Crippen LogP) is 2.93. The lowest BCUT2D eigenvalue weighted by molar-refractivity contribution is 0.0953. The van der Waals surface area contributed by atoms with Gasteiger partial charge in [-0.1, -0.05) is 25.5 Å². The molecular weight excluding hydrogens is 443 g/mol. The number of rotatable bonds is 11. The first-order valence-electron chi connectivity index (χ1n) is 9.18. The van der Waals surface area contributed by atoms with Gasteiger partial charge in [0.05, 0.1) is 13.2 Å². The minimum absolute atomic E-state index is 0. The van der Waals surface area contributed by atoms with Crippen LogP contribution >= 0.6 is 24.0 Å². The Morgan fingerprint density at radius 3 is 2.38 bits per heavy atom. The van der Waals surface area contributed by atoms with E-state index in [9.17, 15) is 4.79 Å². The Kier molecular flexibility index (Phi) is 15.0. The van der Waals surface area contributed by atoms with Crippen molar-refractivity contribution in [1.82, 2.24) is 16.0 Å². The summed E-state index contributed by atoms with van der Waals surface area (Å²) in [6, 6.07) is 7.59. The van der Waals surface area contributed by atoms with Crippen molar-refractivity contribution in [2.75, 3.05) is 32.8 Å². The summed E-state index contributed by atoms with van der Waals surface area (Å²) >= 11 is 0. The fraction of sp³-hybridized carbons (Fsp3) is 0.579. The van der Waals surface area contributed by atoms with E-state index in [1.54, 1.807) is 0 Å². The molecule has 1 aromatic carbocycles. The number of ether oxygens (including phenoxy) is 1. The van der Waals surface area contributed by atoms with Crippen LogP contribution in [0.3, 0.4) is 0 Å². The van der Waals surface area contributed by atoms with E-state index in [1.807, 2.05) is 38.1 Å². The van der Waals surface area contributed by atoms with E-state index in [2.05, 4.69) is 27.9 Å². The van der Waals surface area contributed by atoms with Gasteiger partial charge < -0.3 is 20.7 Å². The van der Waals surface area contributed by atoms with E-state index in [0.717, 1.165) is 44.0 Å². The third-order valence-corrected chi connectivity index (χ3v) is 3.54. The van der Waals surface area contributed by atoms with E-state index in [4.69, 9.17) is 4.74 Å². The van der Waals surface area contributed by atoms with Crippen LogP contribution in [0, 0.1) is 0 Å². The summed E-state index contributed by atoms with van der Waals surface area (Å²) in [5, 5.41) is 9.36. The van der Waals surface area contributed by atoms with Crippen LogP contribution in [0.25, 0.3) is 0 Å². The molecule has 148 valence electrons. The van der Waals surface area contributed by atoms with Crippen molar-refractivity contribution in [3.8, 4) is 0 Å². The lowest BCUT2D eigenvalue weighted by atomic mass is 10.1. The van der Waals surface area contributed by atoms with Crippen LogP contribution in [0.4, 0.5) is 0 Å². The highest BCUT2D eigenvalue weighted by Gasteiger charge is 2.04. The zero-order valence-electron chi connectivity index (χ0n) is 16.1. The van der Waals surface area contributed by atoms with Crippen molar-refractivity contribution in [1.29, 1.82) is 0 Å². The topological polar surface area (TPSA) is 74.8 Å². The van der Waals surface area contributed by atoms with Crippen LogP contribution in [0.1, 0.15) is 49.5 Å². The second-order valence-corrected chi connectivity index (χ2v) is 5.63. The molecule has 7 heteroatoms. The lowest BCUT2D eigenvalue weighted by Crippen LogP contribution is -2.39. The van der Waals surface area contributed by atoms with Crippen LogP contribution in [0.15, 0.2) is 29.3 Å². The van der Waals surface area contributed by atoms with Gasteiger partial charge in [0, 0.05) is 31.8 Å². The van der Waals surface area contributed by atoms with Gasteiger partial charge in [0.15, 0.2) is 5.96 Å². The quantitative estimate of drug-likeness (QED) is 0.199. The third-order valence-electron chi connectivity index (χ3n) is 3.54. The van der Waals surface area contributed by atoms with Gasteiger partial charge in [0.2, 0.25) is 0 Å². The Balaban J connectivity index is 0.00000625. The monoisotopic (exact) mass is 476 g/mol. The Hall–Kier alpha value is -1.35. The number of benzene rings is 1. The highest BCUT2D eigenvalue weighted by Crippen LogP contribution is 2.06. The van der Waals surface area contributed by atoms with Crippen LogP contribution in [0.2, 0.25) is 0 Å². The normalized spacial score (nSPS) is 10.8. The molecule has 26 heavy (non-hydrogen) atoms. The second kappa shape index (κ2) is 15.9.